The maximum Gasteiger partial charge on any atom is 0.319 e. The summed E-state index contributed by atoms with van der Waals surface area (Å²) in [7, 11) is 0. The molecule has 4 nitrogen and oxygen atoms in total. The number of aliphatic hydroxyl groups is 1. The fourth-order valence-electron chi connectivity index (χ4n) is 1.76. The standard InChI is InChI=1S/C15H18N2O2/c18-11-2-1-4-12-7-9-14(10-8-12)17-15(19)16-13-5-3-6-13/h7-10,13,18H,2-3,5-6,11H2,(H2,16,17,19). The Bertz CT molecular complexity index is 481. The van der Waals surface area contributed by atoms with Crippen molar-refractivity contribution in [1.29, 1.82) is 0 Å². The van der Waals surface area contributed by atoms with Gasteiger partial charge in [0.15, 0.2) is 0 Å². The van der Waals surface area contributed by atoms with Gasteiger partial charge in [-0.2, -0.15) is 0 Å². The first-order valence-corrected chi connectivity index (χ1v) is 6.55. The number of hydrogen-bond acceptors (Lipinski definition) is 2. The van der Waals surface area contributed by atoms with E-state index < -0.39 is 0 Å². The molecular formula is C15H18N2O2. The maximum absolute atomic E-state index is 11.6. The molecule has 1 aliphatic carbocycles. The van der Waals surface area contributed by atoms with Crippen LogP contribution in [0.3, 0.4) is 0 Å². The Morgan fingerprint density at radius 3 is 2.63 bits per heavy atom. The number of carbonyl (C=O) groups excluding carboxylic acids is 1. The second-order valence-electron chi connectivity index (χ2n) is 4.58. The number of carbonyl (C=O) groups is 1. The van der Waals surface area contributed by atoms with Crippen LogP contribution in [0.5, 0.6) is 0 Å². The van der Waals surface area contributed by atoms with E-state index in [9.17, 15) is 4.79 Å². The molecule has 0 aromatic heterocycles. The van der Waals surface area contributed by atoms with Crippen LogP contribution in [-0.4, -0.2) is 23.8 Å². The van der Waals surface area contributed by atoms with Crippen LogP contribution in [0.2, 0.25) is 0 Å². The van der Waals surface area contributed by atoms with Gasteiger partial charge >= 0.3 is 6.03 Å². The van der Waals surface area contributed by atoms with E-state index in [1.54, 1.807) is 0 Å². The van der Waals surface area contributed by atoms with Crippen LogP contribution in [0.25, 0.3) is 0 Å². The molecule has 19 heavy (non-hydrogen) atoms. The van der Waals surface area contributed by atoms with Gasteiger partial charge in [-0.1, -0.05) is 11.8 Å². The highest BCUT2D eigenvalue weighted by atomic mass is 16.2. The summed E-state index contributed by atoms with van der Waals surface area (Å²) >= 11 is 0. The van der Waals surface area contributed by atoms with Gasteiger partial charge in [-0.15, -0.1) is 0 Å². The quantitative estimate of drug-likeness (QED) is 0.727. The Morgan fingerprint density at radius 2 is 2.05 bits per heavy atom. The number of rotatable bonds is 3. The summed E-state index contributed by atoms with van der Waals surface area (Å²) in [6, 6.07) is 7.53. The minimum atomic E-state index is -0.149. The summed E-state index contributed by atoms with van der Waals surface area (Å²) in [4.78, 5) is 11.6. The predicted octanol–water partition coefficient (Wildman–Crippen LogP) is 2.09. The molecule has 3 N–H and O–H groups in total. The molecule has 0 bridgehead atoms. The number of anilines is 1. The molecule has 0 heterocycles. The smallest absolute Gasteiger partial charge is 0.319 e. The normalized spacial score (nSPS) is 13.9. The van der Waals surface area contributed by atoms with E-state index in [2.05, 4.69) is 22.5 Å². The number of aliphatic hydroxyl groups excluding tert-OH is 1. The minimum Gasteiger partial charge on any atom is -0.395 e. The number of amides is 2. The molecule has 4 heteroatoms. The molecule has 100 valence electrons. The van der Waals surface area contributed by atoms with Crippen LogP contribution >= 0.6 is 0 Å². The molecule has 0 unspecified atom stereocenters. The van der Waals surface area contributed by atoms with Crippen molar-refractivity contribution in [3.63, 3.8) is 0 Å². The first kappa shape index (κ1) is 13.4. The van der Waals surface area contributed by atoms with Crippen LogP contribution in [0.15, 0.2) is 24.3 Å². The highest BCUT2D eigenvalue weighted by molar-refractivity contribution is 5.89. The topological polar surface area (TPSA) is 61.4 Å². The predicted molar refractivity (Wildman–Crippen MR) is 74.8 cm³/mol. The average molecular weight is 258 g/mol. The maximum atomic E-state index is 11.6. The molecule has 1 fully saturated rings. The molecule has 2 rings (SSSR count). The van der Waals surface area contributed by atoms with Gasteiger partial charge in [-0.25, -0.2) is 4.79 Å². The fourth-order valence-corrected chi connectivity index (χ4v) is 1.76. The second-order valence-corrected chi connectivity index (χ2v) is 4.58. The molecule has 0 aliphatic heterocycles. The molecular weight excluding hydrogens is 240 g/mol. The van der Waals surface area contributed by atoms with E-state index in [1.807, 2.05) is 24.3 Å². The van der Waals surface area contributed by atoms with Crippen molar-refractivity contribution < 1.29 is 9.90 Å². The second kappa shape index (κ2) is 6.81. The Morgan fingerprint density at radius 1 is 1.32 bits per heavy atom. The Kier molecular flexibility index (Phi) is 4.82. The number of nitrogens with one attached hydrogen (secondary N) is 2. The van der Waals surface area contributed by atoms with Crippen molar-refractivity contribution in [2.45, 2.75) is 31.7 Å². The van der Waals surface area contributed by atoms with E-state index in [4.69, 9.17) is 5.11 Å². The third-order valence-corrected chi connectivity index (χ3v) is 3.05. The molecule has 0 spiro atoms. The van der Waals surface area contributed by atoms with E-state index in [0.29, 0.717) is 12.5 Å². The number of benzene rings is 1. The lowest BCUT2D eigenvalue weighted by Gasteiger charge is -2.26. The zero-order valence-electron chi connectivity index (χ0n) is 10.8. The lowest BCUT2D eigenvalue weighted by atomic mass is 9.93. The molecule has 0 atom stereocenters. The monoisotopic (exact) mass is 258 g/mol. The first-order chi connectivity index (χ1) is 9.28. The van der Waals surface area contributed by atoms with Gasteiger partial charge in [0.2, 0.25) is 0 Å². The zero-order valence-corrected chi connectivity index (χ0v) is 10.8. The van der Waals surface area contributed by atoms with E-state index in [0.717, 1.165) is 24.1 Å². The molecule has 1 aromatic carbocycles. The Labute approximate surface area is 113 Å². The molecule has 0 saturated heterocycles. The van der Waals surface area contributed by atoms with Crippen LogP contribution in [0.4, 0.5) is 10.5 Å². The molecule has 1 aliphatic rings. The summed E-state index contributed by atoms with van der Waals surface area (Å²) in [5, 5.41) is 14.3. The van der Waals surface area contributed by atoms with E-state index in [1.165, 1.54) is 6.42 Å². The number of urea groups is 1. The van der Waals surface area contributed by atoms with Crippen molar-refractivity contribution >= 4 is 11.7 Å². The van der Waals surface area contributed by atoms with Gasteiger partial charge in [0.05, 0.1) is 6.61 Å². The van der Waals surface area contributed by atoms with Crippen molar-refractivity contribution in [2.24, 2.45) is 0 Å². The third kappa shape index (κ3) is 4.31. The van der Waals surface area contributed by atoms with Gasteiger partial charge in [0, 0.05) is 23.7 Å². The van der Waals surface area contributed by atoms with Crippen LogP contribution in [0.1, 0.15) is 31.2 Å². The van der Waals surface area contributed by atoms with E-state index >= 15 is 0 Å². The summed E-state index contributed by atoms with van der Waals surface area (Å²) in [5.74, 6) is 5.79. The molecule has 1 saturated carbocycles. The van der Waals surface area contributed by atoms with Gasteiger partial charge in [-0.3, -0.25) is 0 Å². The lowest BCUT2D eigenvalue weighted by Crippen LogP contribution is -2.41. The van der Waals surface area contributed by atoms with Crippen molar-refractivity contribution in [1.82, 2.24) is 5.32 Å². The van der Waals surface area contributed by atoms with Crippen molar-refractivity contribution in [3.05, 3.63) is 29.8 Å². The minimum absolute atomic E-state index is 0.0774. The zero-order chi connectivity index (χ0) is 13.5. The van der Waals surface area contributed by atoms with Crippen molar-refractivity contribution in [3.8, 4) is 11.8 Å². The Hall–Kier alpha value is -1.99. The van der Waals surface area contributed by atoms with Gasteiger partial charge < -0.3 is 15.7 Å². The highest BCUT2D eigenvalue weighted by Gasteiger charge is 2.19. The van der Waals surface area contributed by atoms with Crippen LogP contribution < -0.4 is 10.6 Å². The summed E-state index contributed by atoms with van der Waals surface area (Å²) in [6.45, 7) is 0.0774. The SMILES string of the molecule is O=C(Nc1ccc(C#CCCO)cc1)NC1CCC1. The largest absolute Gasteiger partial charge is 0.395 e. The summed E-state index contributed by atoms with van der Waals surface area (Å²) < 4.78 is 0. The fraction of sp³-hybridized carbons (Fsp3) is 0.400. The summed E-state index contributed by atoms with van der Waals surface area (Å²) in [5.41, 5.74) is 1.63. The third-order valence-electron chi connectivity index (χ3n) is 3.05. The first-order valence-electron chi connectivity index (χ1n) is 6.55. The van der Waals surface area contributed by atoms with Crippen LogP contribution in [0, 0.1) is 11.8 Å². The van der Waals surface area contributed by atoms with E-state index in [-0.39, 0.29) is 12.6 Å². The molecule has 0 radical (unpaired) electrons. The molecule has 1 aromatic rings. The number of hydrogen-bond donors (Lipinski definition) is 3. The van der Waals surface area contributed by atoms with Gasteiger partial charge in [0.25, 0.3) is 0 Å². The lowest BCUT2D eigenvalue weighted by molar-refractivity contribution is 0.240. The molecule has 2 amide bonds. The summed E-state index contributed by atoms with van der Waals surface area (Å²) in [6.07, 6.45) is 3.83. The average Bonchev–Trinajstić information content (AvgIpc) is 2.36. The van der Waals surface area contributed by atoms with Crippen LogP contribution in [-0.2, 0) is 0 Å². The Balaban J connectivity index is 1.84. The highest BCUT2D eigenvalue weighted by Crippen LogP contribution is 2.18. The van der Waals surface area contributed by atoms with Crippen molar-refractivity contribution in [2.75, 3.05) is 11.9 Å². The van der Waals surface area contributed by atoms with Gasteiger partial charge in [0.1, 0.15) is 0 Å². The van der Waals surface area contributed by atoms with Gasteiger partial charge in [-0.05, 0) is 43.5 Å².